The Morgan fingerprint density at radius 2 is 1.94 bits per heavy atom. The van der Waals surface area contributed by atoms with E-state index < -0.39 is 21.7 Å². The van der Waals surface area contributed by atoms with E-state index in [2.05, 4.69) is 4.72 Å². The highest BCUT2D eigenvalue weighted by atomic mass is 35.5. The zero-order valence-electron chi connectivity index (χ0n) is 9.42. The molecule has 0 spiro atoms. The molecule has 1 fully saturated rings. The van der Waals surface area contributed by atoms with Crippen molar-refractivity contribution < 1.29 is 17.2 Å². The molecule has 0 radical (unpaired) electrons. The van der Waals surface area contributed by atoms with Gasteiger partial charge in [-0.2, -0.15) is 0 Å². The molecule has 1 aromatic rings. The molecule has 3 nitrogen and oxygen atoms in total. The standard InChI is InChI=1S/C11H12ClF2NO2S/c12-6-11(3-4-11)7-15-18(16,17)8-1-2-9(13)10(14)5-8/h1-2,5,15H,3-4,6-7H2. The first-order chi connectivity index (χ1) is 8.38. The normalized spacial score (nSPS) is 17.7. The van der Waals surface area contributed by atoms with Crippen LogP contribution in [0.25, 0.3) is 0 Å². The molecular weight excluding hydrogens is 284 g/mol. The van der Waals surface area contributed by atoms with E-state index in [9.17, 15) is 17.2 Å². The van der Waals surface area contributed by atoms with Crippen LogP contribution in [0.2, 0.25) is 0 Å². The Labute approximate surface area is 109 Å². The molecule has 1 aliphatic carbocycles. The third kappa shape index (κ3) is 2.81. The number of nitrogens with one attached hydrogen (secondary N) is 1. The second-order valence-corrected chi connectivity index (χ2v) is 6.57. The lowest BCUT2D eigenvalue weighted by atomic mass is 10.1. The van der Waals surface area contributed by atoms with Crippen LogP contribution in [0.3, 0.4) is 0 Å². The molecular formula is C11H12ClF2NO2S. The maximum atomic E-state index is 13.0. The SMILES string of the molecule is O=S(=O)(NCC1(CCl)CC1)c1ccc(F)c(F)c1. The number of hydrogen-bond acceptors (Lipinski definition) is 2. The molecule has 1 saturated carbocycles. The summed E-state index contributed by atoms with van der Waals surface area (Å²) in [6, 6.07) is 2.48. The van der Waals surface area contributed by atoms with Gasteiger partial charge in [-0.05, 0) is 36.5 Å². The lowest BCUT2D eigenvalue weighted by Crippen LogP contribution is -2.31. The highest BCUT2D eigenvalue weighted by Crippen LogP contribution is 2.46. The molecule has 7 heteroatoms. The molecule has 0 amide bonds. The average Bonchev–Trinajstić information content (AvgIpc) is 3.11. The highest BCUT2D eigenvalue weighted by molar-refractivity contribution is 7.89. The molecule has 0 bridgehead atoms. The van der Waals surface area contributed by atoms with Crippen LogP contribution < -0.4 is 4.72 Å². The average molecular weight is 296 g/mol. The van der Waals surface area contributed by atoms with E-state index in [1.54, 1.807) is 0 Å². The second-order valence-electron chi connectivity index (χ2n) is 4.53. The van der Waals surface area contributed by atoms with Gasteiger partial charge in [-0.1, -0.05) is 0 Å². The molecule has 0 aliphatic heterocycles. The van der Waals surface area contributed by atoms with E-state index >= 15 is 0 Å². The summed E-state index contributed by atoms with van der Waals surface area (Å²) in [5, 5.41) is 0. The monoisotopic (exact) mass is 295 g/mol. The Hall–Kier alpha value is -0.720. The minimum Gasteiger partial charge on any atom is -0.211 e. The first kappa shape index (κ1) is 13.7. The topological polar surface area (TPSA) is 46.2 Å². The fraction of sp³-hybridized carbons (Fsp3) is 0.455. The molecule has 0 heterocycles. The molecule has 18 heavy (non-hydrogen) atoms. The number of benzene rings is 1. The summed E-state index contributed by atoms with van der Waals surface area (Å²) in [6.07, 6.45) is 1.74. The Bertz CT molecular complexity index is 558. The van der Waals surface area contributed by atoms with Gasteiger partial charge in [0.15, 0.2) is 11.6 Å². The van der Waals surface area contributed by atoms with Crippen LogP contribution in [-0.4, -0.2) is 20.8 Å². The number of sulfonamides is 1. The predicted octanol–water partition coefficient (Wildman–Crippen LogP) is 2.26. The highest BCUT2D eigenvalue weighted by Gasteiger charge is 2.42. The van der Waals surface area contributed by atoms with Crippen LogP contribution in [0.5, 0.6) is 0 Å². The fourth-order valence-electron chi connectivity index (χ4n) is 1.51. The van der Waals surface area contributed by atoms with Crippen molar-refractivity contribution in [2.45, 2.75) is 17.7 Å². The van der Waals surface area contributed by atoms with E-state index in [1.807, 2.05) is 0 Å². The van der Waals surface area contributed by atoms with Crippen LogP contribution in [-0.2, 0) is 10.0 Å². The van der Waals surface area contributed by atoms with Gasteiger partial charge in [0.1, 0.15) is 0 Å². The second kappa shape index (κ2) is 4.75. The van der Waals surface area contributed by atoms with Crippen LogP contribution >= 0.6 is 11.6 Å². The van der Waals surface area contributed by atoms with Gasteiger partial charge < -0.3 is 0 Å². The van der Waals surface area contributed by atoms with Gasteiger partial charge in [0.2, 0.25) is 10.0 Å². The van der Waals surface area contributed by atoms with E-state index in [0.717, 1.165) is 25.0 Å². The number of alkyl halides is 1. The van der Waals surface area contributed by atoms with Crippen molar-refractivity contribution in [2.75, 3.05) is 12.4 Å². The van der Waals surface area contributed by atoms with Gasteiger partial charge in [-0.15, -0.1) is 11.6 Å². The fourth-order valence-corrected chi connectivity index (χ4v) is 3.04. The third-order valence-electron chi connectivity index (χ3n) is 3.08. The zero-order valence-corrected chi connectivity index (χ0v) is 11.0. The van der Waals surface area contributed by atoms with Crippen molar-refractivity contribution in [2.24, 2.45) is 5.41 Å². The molecule has 2 rings (SSSR count). The van der Waals surface area contributed by atoms with Gasteiger partial charge in [-0.25, -0.2) is 21.9 Å². The van der Waals surface area contributed by atoms with E-state index in [4.69, 9.17) is 11.6 Å². The number of halogens is 3. The summed E-state index contributed by atoms with van der Waals surface area (Å²) in [4.78, 5) is -0.285. The van der Waals surface area contributed by atoms with Gasteiger partial charge in [0, 0.05) is 12.4 Å². The summed E-state index contributed by atoms with van der Waals surface area (Å²) in [7, 11) is -3.82. The van der Waals surface area contributed by atoms with Crippen LogP contribution in [0.1, 0.15) is 12.8 Å². The minimum atomic E-state index is -3.82. The third-order valence-corrected chi connectivity index (χ3v) is 5.04. The summed E-state index contributed by atoms with van der Waals surface area (Å²) >= 11 is 5.73. The molecule has 0 aromatic heterocycles. The van der Waals surface area contributed by atoms with Crippen molar-refractivity contribution >= 4 is 21.6 Å². The Kier molecular flexibility index (Phi) is 3.62. The quantitative estimate of drug-likeness (QED) is 0.847. The molecule has 0 unspecified atom stereocenters. The van der Waals surface area contributed by atoms with Crippen molar-refractivity contribution in [1.29, 1.82) is 0 Å². The van der Waals surface area contributed by atoms with E-state index in [1.165, 1.54) is 0 Å². The van der Waals surface area contributed by atoms with Crippen LogP contribution in [0.15, 0.2) is 23.1 Å². The summed E-state index contributed by atoms with van der Waals surface area (Å²) in [5.74, 6) is -1.88. The summed E-state index contributed by atoms with van der Waals surface area (Å²) in [5.41, 5.74) is -0.173. The first-order valence-corrected chi connectivity index (χ1v) is 7.41. The van der Waals surface area contributed by atoms with E-state index in [-0.39, 0.29) is 16.9 Å². The number of hydrogen-bond donors (Lipinski definition) is 1. The van der Waals surface area contributed by atoms with Gasteiger partial charge >= 0.3 is 0 Å². The largest absolute Gasteiger partial charge is 0.240 e. The Morgan fingerprint density at radius 1 is 1.28 bits per heavy atom. The lowest BCUT2D eigenvalue weighted by Gasteiger charge is -2.12. The Balaban J connectivity index is 2.13. The van der Waals surface area contributed by atoms with Gasteiger partial charge in [0.05, 0.1) is 4.90 Å². The molecule has 100 valence electrons. The van der Waals surface area contributed by atoms with Crippen LogP contribution in [0.4, 0.5) is 8.78 Å². The predicted molar refractivity (Wildman–Crippen MR) is 63.9 cm³/mol. The lowest BCUT2D eigenvalue weighted by molar-refractivity contribution is 0.502. The Morgan fingerprint density at radius 3 is 2.44 bits per heavy atom. The van der Waals surface area contributed by atoms with Crippen molar-refractivity contribution in [3.63, 3.8) is 0 Å². The molecule has 1 aromatic carbocycles. The van der Waals surface area contributed by atoms with Crippen molar-refractivity contribution in [3.05, 3.63) is 29.8 Å². The number of rotatable bonds is 5. The maximum absolute atomic E-state index is 13.0. The van der Waals surface area contributed by atoms with Gasteiger partial charge in [0.25, 0.3) is 0 Å². The summed E-state index contributed by atoms with van der Waals surface area (Å²) in [6.45, 7) is 0.220. The van der Waals surface area contributed by atoms with E-state index in [0.29, 0.717) is 11.9 Å². The van der Waals surface area contributed by atoms with Gasteiger partial charge in [-0.3, -0.25) is 0 Å². The molecule has 0 saturated heterocycles. The molecule has 1 aliphatic rings. The minimum absolute atomic E-state index is 0.173. The molecule has 0 atom stereocenters. The smallest absolute Gasteiger partial charge is 0.211 e. The van der Waals surface area contributed by atoms with Crippen molar-refractivity contribution in [3.8, 4) is 0 Å². The maximum Gasteiger partial charge on any atom is 0.240 e. The molecule has 1 N–H and O–H groups in total. The summed E-state index contributed by atoms with van der Waals surface area (Å²) < 4.78 is 51.8. The zero-order chi connectivity index (χ0) is 13.4. The first-order valence-electron chi connectivity index (χ1n) is 5.39. The van der Waals surface area contributed by atoms with Crippen molar-refractivity contribution in [1.82, 2.24) is 4.72 Å². The van der Waals surface area contributed by atoms with Crippen LogP contribution in [0, 0.1) is 17.0 Å².